The number of carboxylic acid groups (broad SMARTS) is 1. The number of nitrogens with zero attached hydrogens (tertiary/aromatic N) is 1. The summed E-state index contributed by atoms with van der Waals surface area (Å²) < 4.78 is 49.7. The van der Waals surface area contributed by atoms with Gasteiger partial charge in [-0.15, -0.1) is 0 Å². The van der Waals surface area contributed by atoms with Crippen LogP contribution in [-0.2, 0) is 16.0 Å². The number of alkyl halides is 3. The second-order valence-electron chi connectivity index (χ2n) is 6.11. The van der Waals surface area contributed by atoms with Crippen molar-refractivity contribution >= 4 is 12.0 Å². The molecule has 1 aliphatic rings. The zero-order chi connectivity index (χ0) is 19.5. The maximum Gasteiger partial charge on any atom is 0.394 e. The van der Waals surface area contributed by atoms with Crippen LogP contribution < -0.4 is 5.32 Å². The van der Waals surface area contributed by atoms with Crippen LogP contribution in [0.25, 0.3) is 0 Å². The summed E-state index contributed by atoms with van der Waals surface area (Å²) in [4.78, 5) is 24.4. The number of hydrogen-bond donors (Lipinski definition) is 2. The van der Waals surface area contributed by atoms with Crippen LogP contribution in [0, 0.1) is 11.8 Å². The maximum absolute atomic E-state index is 13.0. The average Bonchev–Trinajstić information content (AvgIpc) is 3.21. The standard InChI is InChI=1S/C16H21F3N2O5/c1-3-9-4-5-13(26-9)12(8-25-2)20-15(24)21-6-10(14(22)23)11(7-21)16(17,18)19/h4-5,10-12H,3,6-8H2,1-2H3,(H,20,24)(H,22,23)/t10-,11-,12?/m1/s1. The van der Waals surface area contributed by atoms with Crippen LogP contribution in [0.15, 0.2) is 16.5 Å². The Morgan fingerprint density at radius 1 is 1.42 bits per heavy atom. The third kappa shape index (κ3) is 4.48. The smallest absolute Gasteiger partial charge is 0.394 e. The third-order valence-corrected chi connectivity index (χ3v) is 4.35. The lowest BCUT2D eigenvalue weighted by Crippen LogP contribution is -2.42. The van der Waals surface area contributed by atoms with Gasteiger partial charge in [0.05, 0.1) is 18.4 Å². The van der Waals surface area contributed by atoms with E-state index in [1.165, 1.54) is 7.11 Å². The fraction of sp³-hybridized carbons (Fsp3) is 0.625. The van der Waals surface area contributed by atoms with Crippen LogP contribution in [0.5, 0.6) is 0 Å². The molecule has 0 bridgehead atoms. The first-order valence-electron chi connectivity index (χ1n) is 8.09. The molecular formula is C16H21F3N2O5. The van der Waals surface area contributed by atoms with Gasteiger partial charge in [-0.05, 0) is 12.1 Å². The fourth-order valence-electron chi connectivity index (χ4n) is 2.93. The molecule has 0 radical (unpaired) electrons. The summed E-state index contributed by atoms with van der Waals surface area (Å²) in [7, 11) is 1.42. The molecule has 26 heavy (non-hydrogen) atoms. The van der Waals surface area contributed by atoms with E-state index in [0.717, 1.165) is 4.90 Å². The topological polar surface area (TPSA) is 92.0 Å². The zero-order valence-electron chi connectivity index (χ0n) is 14.4. The monoisotopic (exact) mass is 378 g/mol. The number of urea groups is 1. The second kappa shape index (κ2) is 7.98. The molecule has 2 N–H and O–H groups in total. The van der Waals surface area contributed by atoms with E-state index in [-0.39, 0.29) is 6.61 Å². The summed E-state index contributed by atoms with van der Waals surface area (Å²) in [6.45, 7) is 0.731. The Labute approximate surface area is 148 Å². The van der Waals surface area contributed by atoms with Gasteiger partial charge in [-0.1, -0.05) is 6.92 Å². The van der Waals surface area contributed by atoms with E-state index in [0.29, 0.717) is 17.9 Å². The molecule has 0 aliphatic carbocycles. The molecule has 7 nitrogen and oxygen atoms in total. The van der Waals surface area contributed by atoms with Crippen LogP contribution in [0.2, 0.25) is 0 Å². The number of ether oxygens (including phenoxy) is 1. The van der Waals surface area contributed by atoms with E-state index in [1.807, 2.05) is 6.92 Å². The van der Waals surface area contributed by atoms with Crippen molar-refractivity contribution in [1.82, 2.24) is 10.2 Å². The number of carbonyl (C=O) groups excluding carboxylic acids is 1. The van der Waals surface area contributed by atoms with Gasteiger partial charge in [-0.3, -0.25) is 4.79 Å². The van der Waals surface area contributed by atoms with Gasteiger partial charge in [-0.25, -0.2) is 4.79 Å². The molecule has 1 aromatic heterocycles. The van der Waals surface area contributed by atoms with Crippen LogP contribution in [-0.4, -0.2) is 55.0 Å². The SMILES string of the molecule is CCc1ccc(C(COC)NC(=O)N2C[C@@H](C(F)(F)F)[C@H](C(=O)O)C2)o1. The number of amides is 2. The molecule has 3 atom stereocenters. The number of methoxy groups -OCH3 is 1. The highest BCUT2D eigenvalue weighted by atomic mass is 19.4. The molecule has 146 valence electrons. The number of aliphatic carboxylic acids is 1. The molecule has 1 aromatic rings. The van der Waals surface area contributed by atoms with Gasteiger partial charge in [0.2, 0.25) is 0 Å². The summed E-state index contributed by atoms with van der Waals surface area (Å²) >= 11 is 0. The first-order chi connectivity index (χ1) is 12.2. The molecule has 1 unspecified atom stereocenters. The number of likely N-dealkylation sites (tertiary alicyclic amines) is 1. The number of nitrogens with one attached hydrogen (secondary N) is 1. The molecular weight excluding hydrogens is 357 g/mol. The van der Waals surface area contributed by atoms with Crippen molar-refractivity contribution in [2.45, 2.75) is 25.6 Å². The van der Waals surface area contributed by atoms with E-state index >= 15 is 0 Å². The Balaban J connectivity index is 2.10. The third-order valence-electron chi connectivity index (χ3n) is 4.35. The van der Waals surface area contributed by atoms with Crippen molar-refractivity contribution in [3.8, 4) is 0 Å². The predicted molar refractivity (Wildman–Crippen MR) is 83.5 cm³/mol. The van der Waals surface area contributed by atoms with Crippen molar-refractivity contribution in [2.24, 2.45) is 11.8 Å². The number of carboxylic acids is 1. The number of furan rings is 1. The first kappa shape index (κ1) is 20.1. The fourth-order valence-corrected chi connectivity index (χ4v) is 2.93. The van der Waals surface area contributed by atoms with Crippen molar-refractivity contribution in [2.75, 3.05) is 26.8 Å². The Kier molecular flexibility index (Phi) is 6.17. The lowest BCUT2D eigenvalue weighted by molar-refractivity contribution is -0.187. The number of halogens is 3. The Morgan fingerprint density at radius 2 is 2.12 bits per heavy atom. The first-order valence-corrected chi connectivity index (χ1v) is 8.09. The normalized spacial score (nSPS) is 21.7. The lowest BCUT2D eigenvalue weighted by Gasteiger charge is -2.22. The Morgan fingerprint density at radius 3 is 2.58 bits per heavy atom. The molecule has 0 aromatic carbocycles. The molecule has 2 heterocycles. The van der Waals surface area contributed by atoms with Gasteiger partial charge >= 0.3 is 18.2 Å². The number of hydrogen-bond acceptors (Lipinski definition) is 4. The van der Waals surface area contributed by atoms with Crippen molar-refractivity contribution in [3.05, 3.63) is 23.7 Å². The molecule has 0 saturated carbocycles. The summed E-state index contributed by atoms with van der Waals surface area (Å²) in [5.74, 6) is -4.24. The largest absolute Gasteiger partial charge is 0.481 e. The highest BCUT2D eigenvalue weighted by Gasteiger charge is 2.53. The minimum Gasteiger partial charge on any atom is -0.481 e. The molecule has 2 rings (SSSR count). The Bertz CT molecular complexity index is 646. The van der Waals surface area contributed by atoms with Gasteiger partial charge in [0, 0.05) is 26.6 Å². The molecule has 10 heteroatoms. The van der Waals surface area contributed by atoms with Gasteiger partial charge in [-0.2, -0.15) is 13.2 Å². The molecule has 1 fully saturated rings. The molecule has 1 saturated heterocycles. The summed E-state index contributed by atoms with van der Waals surface area (Å²) in [5.41, 5.74) is 0. The highest BCUT2D eigenvalue weighted by molar-refractivity contribution is 5.78. The average molecular weight is 378 g/mol. The summed E-state index contributed by atoms with van der Waals surface area (Å²) in [6, 6.07) is 1.91. The predicted octanol–water partition coefficient (Wildman–Crippen LogP) is 2.43. The molecule has 1 aliphatic heterocycles. The number of aryl methyl sites for hydroxylation is 1. The lowest BCUT2D eigenvalue weighted by atomic mass is 9.96. The van der Waals surface area contributed by atoms with Crippen LogP contribution in [0.1, 0.15) is 24.5 Å². The minimum atomic E-state index is -4.69. The highest BCUT2D eigenvalue weighted by Crippen LogP contribution is 2.37. The van der Waals surface area contributed by atoms with Gasteiger partial charge in [0.1, 0.15) is 17.6 Å². The van der Waals surface area contributed by atoms with E-state index in [9.17, 15) is 22.8 Å². The van der Waals surface area contributed by atoms with Crippen molar-refractivity contribution in [3.63, 3.8) is 0 Å². The number of carbonyl (C=O) groups is 2. The van der Waals surface area contributed by atoms with Gasteiger partial charge in [0.15, 0.2) is 0 Å². The van der Waals surface area contributed by atoms with Crippen LogP contribution in [0.3, 0.4) is 0 Å². The number of rotatable bonds is 6. The van der Waals surface area contributed by atoms with Crippen molar-refractivity contribution in [1.29, 1.82) is 0 Å². The summed E-state index contributed by atoms with van der Waals surface area (Å²) in [5, 5.41) is 11.6. The van der Waals surface area contributed by atoms with Crippen molar-refractivity contribution < 1.29 is 37.0 Å². The minimum absolute atomic E-state index is 0.0569. The van der Waals surface area contributed by atoms with E-state index in [4.69, 9.17) is 14.3 Å². The zero-order valence-corrected chi connectivity index (χ0v) is 14.4. The Hall–Kier alpha value is -2.23. The second-order valence-corrected chi connectivity index (χ2v) is 6.11. The van der Waals surface area contributed by atoms with E-state index in [2.05, 4.69) is 5.32 Å². The van der Waals surface area contributed by atoms with Crippen LogP contribution >= 0.6 is 0 Å². The maximum atomic E-state index is 13.0. The van der Waals surface area contributed by atoms with Crippen LogP contribution in [0.4, 0.5) is 18.0 Å². The van der Waals surface area contributed by atoms with Gasteiger partial charge in [0.25, 0.3) is 0 Å². The molecule has 0 spiro atoms. The quantitative estimate of drug-likeness (QED) is 0.793. The van der Waals surface area contributed by atoms with Gasteiger partial charge < -0.3 is 24.5 Å². The van der Waals surface area contributed by atoms with E-state index in [1.54, 1.807) is 12.1 Å². The summed E-state index contributed by atoms with van der Waals surface area (Å²) in [6.07, 6.45) is -4.05. The molecule has 2 amide bonds. The van der Waals surface area contributed by atoms with E-state index < -0.39 is 49.1 Å².